The van der Waals surface area contributed by atoms with Crippen molar-refractivity contribution < 1.29 is 9.53 Å². The minimum Gasteiger partial charge on any atom is -0.443 e. The lowest BCUT2D eigenvalue weighted by atomic mass is 10.2. The van der Waals surface area contributed by atoms with E-state index in [0.29, 0.717) is 18.8 Å². The molecule has 0 atom stereocenters. The van der Waals surface area contributed by atoms with Crippen LogP contribution < -0.4 is 4.90 Å². The topological polar surface area (TPSA) is 104 Å². The average Bonchev–Trinajstić information content (AvgIpc) is 2.59. The molecular formula is C18H22N6O2. The fourth-order valence-corrected chi connectivity index (χ4v) is 2.18. The second-order valence-electron chi connectivity index (χ2n) is 6.58. The predicted molar refractivity (Wildman–Crippen MR) is 98.6 cm³/mol. The number of carbonyl (C=O) groups is 1. The van der Waals surface area contributed by atoms with Gasteiger partial charge < -0.3 is 4.74 Å². The third kappa shape index (κ3) is 6.07. The third-order valence-corrected chi connectivity index (χ3v) is 3.26. The summed E-state index contributed by atoms with van der Waals surface area (Å²) in [7, 11) is 0. The number of nitrogens with zero attached hydrogens (tertiary/aromatic N) is 6. The van der Waals surface area contributed by atoms with Gasteiger partial charge in [-0.1, -0.05) is 17.2 Å². The first-order chi connectivity index (χ1) is 12.4. The van der Waals surface area contributed by atoms with Gasteiger partial charge in [-0.05, 0) is 57.0 Å². The summed E-state index contributed by atoms with van der Waals surface area (Å²) in [5.74, 6) is 0.461. The lowest BCUT2D eigenvalue weighted by Gasteiger charge is -2.26. The number of aromatic nitrogens is 2. The minimum absolute atomic E-state index is 0.239. The summed E-state index contributed by atoms with van der Waals surface area (Å²) < 4.78 is 5.52. The molecule has 0 radical (unpaired) electrons. The van der Waals surface area contributed by atoms with Gasteiger partial charge in [-0.25, -0.2) is 9.78 Å². The average molecular weight is 354 g/mol. The van der Waals surface area contributed by atoms with E-state index in [4.69, 9.17) is 10.3 Å². The standard InChI is InChI=1S/C18H22N6O2/c1-18(2,3)26-17(25)24(13-15-7-4-5-11-20-15)16-9-6-8-14(22-16)10-12-21-23-19/h4-9,11H,10,12-13H2,1-3H3. The van der Waals surface area contributed by atoms with Crippen molar-refractivity contribution >= 4 is 11.9 Å². The van der Waals surface area contributed by atoms with Gasteiger partial charge in [0.15, 0.2) is 0 Å². The van der Waals surface area contributed by atoms with Crippen LogP contribution in [0.3, 0.4) is 0 Å². The van der Waals surface area contributed by atoms with Crippen molar-refractivity contribution in [2.75, 3.05) is 11.4 Å². The van der Waals surface area contributed by atoms with Gasteiger partial charge in [0, 0.05) is 23.3 Å². The maximum Gasteiger partial charge on any atom is 0.416 e. The molecular weight excluding hydrogens is 332 g/mol. The normalized spacial score (nSPS) is 10.7. The third-order valence-electron chi connectivity index (χ3n) is 3.26. The Labute approximate surface area is 152 Å². The van der Waals surface area contributed by atoms with Crippen molar-refractivity contribution in [1.82, 2.24) is 9.97 Å². The van der Waals surface area contributed by atoms with Crippen LogP contribution in [0.1, 0.15) is 32.2 Å². The van der Waals surface area contributed by atoms with Crippen LogP contribution in [-0.4, -0.2) is 28.2 Å². The first-order valence-electron chi connectivity index (χ1n) is 8.26. The molecule has 2 aromatic heterocycles. The van der Waals surface area contributed by atoms with E-state index in [9.17, 15) is 4.79 Å². The van der Waals surface area contributed by atoms with Gasteiger partial charge in [-0.15, -0.1) is 0 Å². The minimum atomic E-state index is -0.626. The molecule has 136 valence electrons. The second-order valence-corrected chi connectivity index (χ2v) is 6.58. The van der Waals surface area contributed by atoms with Crippen LogP contribution >= 0.6 is 0 Å². The van der Waals surface area contributed by atoms with Gasteiger partial charge in [0.2, 0.25) is 0 Å². The summed E-state index contributed by atoms with van der Waals surface area (Å²) in [5.41, 5.74) is 9.22. The van der Waals surface area contributed by atoms with E-state index in [1.165, 1.54) is 4.90 Å². The van der Waals surface area contributed by atoms with E-state index in [2.05, 4.69) is 20.0 Å². The number of amides is 1. The molecule has 0 saturated heterocycles. The molecule has 0 aromatic carbocycles. The molecule has 2 heterocycles. The zero-order valence-electron chi connectivity index (χ0n) is 15.2. The quantitative estimate of drug-likeness (QED) is 0.439. The summed E-state index contributed by atoms with van der Waals surface area (Å²) in [4.78, 5) is 25.7. The van der Waals surface area contributed by atoms with Crippen molar-refractivity contribution in [3.63, 3.8) is 0 Å². The predicted octanol–water partition coefficient (Wildman–Crippen LogP) is 4.27. The fraction of sp³-hybridized carbons (Fsp3) is 0.389. The van der Waals surface area contributed by atoms with E-state index in [0.717, 1.165) is 11.4 Å². The number of pyridine rings is 2. The SMILES string of the molecule is CC(C)(C)OC(=O)N(Cc1ccccn1)c1cccc(CCN=[N+]=[N-])n1. The van der Waals surface area contributed by atoms with Crippen molar-refractivity contribution in [1.29, 1.82) is 0 Å². The molecule has 1 amide bonds. The first kappa shape index (κ1) is 19.2. The number of rotatable bonds is 6. The van der Waals surface area contributed by atoms with Gasteiger partial charge in [-0.2, -0.15) is 0 Å². The Kier molecular flexibility index (Phi) is 6.52. The molecule has 0 fully saturated rings. The Morgan fingerprint density at radius 2 is 2.00 bits per heavy atom. The maximum atomic E-state index is 12.7. The van der Waals surface area contributed by atoms with Crippen molar-refractivity contribution in [3.05, 3.63) is 64.4 Å². The van der Waals surface area contributed by atoms with Crippen LogP contribution in [0, 0.1) is 0 Å². The van der Waals surface area contributed by atoms with Crippen LogP contribution in [0.15, 0.2) is 47.7 Å². The highest BCUT2D eigenvalue weighted by atomic mass is 16.6. The van der Waals surface area contributed by atoms with Gasteiger partial charge >= 0.3 is 6.09 Å². The molecule has 0 unspecified atom stereocenters. The molecule has 0 spiro atoms. The summed E-state index contributed by atoms with van der Waals surface area (Å²) in [6, 6.07) is 10.9. The highest BCUT2D eigenvalue weighted by Crippen LogP contribution is 2.19. The zero-order chi connectivity index (χ0) is 19.0. The number of carbonyl (C=O) groups excluding carboxylic acids is 1. The number of ether oxygens (including phenoxy) is 1. The Hall–Kier alpha value is -3.12. The maximum absolute atomic E-state index is 12.7. The highest BCUT2D eigenvalue weighted by Gasteiger charge is 2.25. The van der Waals surface area contributed by atoms with Gasteiger partial charge in [0.1, 0.15) is 11.4 Å². The van der Waals surface area contributed by atoms with Gasteiger partial charge in [0.05, 0.1) is 12.2 Å². The Bertz CT molecular complexity index is 782. The molecule has 0 aliphatic rings. The van der Waals surface area contributed by atoms with Crippen LogP contribution in [-0.2, 0) is 17.7 Å². The summed E-state index contributed by atoms with van der Waals surface area (Å²) in [5, 5.41) is 3.52. The number of hydrogen-bond acceptors (Lipinski definition) is 5. The van der Waals surface area contributed by atoms with Crippen LogP contribution in [0.4, 0.5) is 10.6 Å². The van der Waals surface area contributed by atoms with Crippen LogP contribution in [0.25, 0.3) is 10.4 Å². The number of azide groups is 1. The summed E-state index contributed by atoms with van der Waals surface area (Å²) in [6.45, 7) is 5.98. The summed E-state index contributed by atoms with van der Waals surface area (Å²) in [6.07, 6.45) is 1.67. The van der Waals surface area contributed by atoms with Gasteiger partial charge in [0.25, 0.3) is 0 Å². The van der Waals surface area contributed by atoms with E-state index in [1.54, 1.807) is 12.3 Å². The molecule has 8 heteroatoms. The van der Waals surface area contributed by atoms with E-state index >= 15 is 0 Å². The van der Waals surface area contributed by atoms with Crippen molar-refractivity contribution in [3.8, 4) is 0 Å². The molecule has 0 N–H and O–H groups in total. The first-order valence-corrected chi connectivity index (χ1v) is 8.26. The van der Waals surface area contributed by atoms with Gasteiger partial charge in [-0.3, -0.25) is 9.88 Å². The van der Waals surface area contributed by atoms with Crippen LogP contribution in [0.5, 0.6) is 0 Å². The lowest BCUT2D eigenvalue weighted by molar-refractivity contribution is 0.0576. The Balaban J connectivity index is 2.28. The Morgan fingerprint density at radius 3 is 2.65 bits per heavy atom. The van der Waals surface area contributed by atoms with E-state index in [1.807, 2.05) is 51.1 Å². The molecule has 0 saturated carbocycles. The molecule has 0 bridgehead atoms. The number of hydrogen-bond donors (Lipinski definition) is 0. The molecule has 0 aliphatic heterocycles. The second kappa shape index (κ2) is 8.82. The van der Waals surface area contributed by atoms with Crippen molar-refractivity contribution in [2.45, 2.75) is 39.3 Å². The number of anilines is 1. The molecule has 8 nitrogen and oxygen atoms in total. The fourth-order valence-electron chi connectivity index (χ4n) is 2.18. The smallest absolute Gasteiger partial charge is 0.416 e. The largest absolute Gasteiger partial charge is 0.443 e. The zero-order valence-corrected chi connectivity index (χ0v) is 15.2. The lowest BCUT2D eigenvalue weighted by Crippen LogP contribution is -2.37. The van der Waals surface area contributed by atoms with Crippen molar-refractivity contribution in [2.24, 2.45) is 5.11 Å². The van der Waals surface area contributed by atoms with Crippen LogP contribution in [0.2, 0.25) is 0 Å². The summed E-state index contributed by atoms with van der Waals surface area (Å²) >= 11 is 0. The Morgan fingerprint density at radius 1 is 1.23 bits per heavy atom. The monoisotopic (exact) mass is 354 g/mol. The highest BCUT2D eigenvalue weighted by molar-refractivity contribution is 5.86. The van der Waals surface area contributed by atoms with E-state index < -0.39 is 11.7 Å². The molecule has 0 aliphatic carbocycles. The van der Waals surface area contributed by atoms with E-state index in [-0.39, 0.29) is 6.54 Å². The molecule has 2 rings (SSSR count). The molecule has 2 aromatic rings. The molecule has 26 heavy (non-hydrogen) atoms.